The van der Waals surface area contributed by atoms with Gasteiger partial charge < -0.3 is 14.9 Å². The maximum Gasteiger partial charge on any atom is 0.328 e. The number of carboxylic acid groups (broad SMARTS) is 1. The average molecular weight is 272 g/mol. The number of aryl methyl sites for hydroxylation is 1. The molecule has 0 fully saturated rings. The summed E-state index contributed by atoms with van der Waals surface area (Å²) >= 11 is 0. The topological polar surface area (TPSA) is 92.4 Å². The van der Waals surface area contributed by atoms with Crippen molar-refractivity contribution in [2.75, 3.05) is 5.32 Å². The van der Waals surface area contributed by atoms with E-state index in [9.17, 15) is 9.59 Å². The van der Waals surface area contributed by atoms with Gasteiger partial charge in [0.05, 0.1) is 6.20 Å². The third-order valence-electron chi connectivity index (χ3n) is 2.56. The van der Waals surface area contributed by atoms with Crippen LogP contribution in [0, 0.1) is 6.92 Å². The molecule has 1 aromatic heterocycles. The van der Waals surface area contributed by atoms with Crippen LogP contribution in [0.4, 0.5) is 5.69 Å². The fraction of sp³-hybridized carbons (Fsp3) is 0.0714. The lowest BCUT2D eigenvalue weighted by Gasteiger charge is -2.04. The molecule has 0 bridgehead atoms. The predicted molar refractivity (Wildman–Crippen MR) is 72.3 cm³/mol. The van der Waals surface area contributed by atoms with Gasteiger partial charge in [0, 0.05) is 11.8 Å². The molecule has 1 aromatic carbocycles. The molecule has 6 nitrogen and oxygen atoms in total. The van der Waals surface area contributed by atoms with Crippen LogP contribution in [0.5, 0.6) is 0 Å². The van der Waals surface area contributed by atoms with Gasteiger partial charge in [-0.1, -0.05) is 17.3 Å². The van der Waals surface area contributed by atoms with Crippen LogP contribution in [0.3, 0.4) is 0 Å². The zero-order chi connectivity index (χ0) is 14.5. The molecule has 1 heterocycles. The molecule has 0 atom stereocenters. The van der Waals surface area contributed by atoms with Crippen molar-refractivity contribution in [3.8, 4) is 0 Å². The molecule has 2 aromatic rings. The highest BCUT2D eigenvalue weighted by atomic mass is 16.5. The van der Waals surface area contributed by atoms with E-state index in [-0.39, 0.29) is 5.91 Å². The number of rotatable bonds is 4. The van der Waals surface area contributed by atoms with E-state index in [4.69, 9.17) is 9.63 Å². The predicted octanol–water partition coefficient (Wildman–Crippen LogP) is 2.33. The van der Waals surface area contributed by atoms with Crippen molar-refractivity contribution in [3.63, 3.8) is 0 Å². The first-order chi connectivity index (χ1) is 9.56. The lowest BCUT2D eigenvalue weighted by molar-refractivity contribution is -0.131. The summed E-state index contributed by atoms with van der Waals surface area (Å²) in [5.41, 5.74) is 1.59. The molecule has 6 heteroatoms. The van der Waals surface area contributed by atoms with Gasteiger partial charge in [-0.3, -0.25) is 4.79 Å². The van der Waals surface area contributed by atoms with Crippen molar-refractivity contribution in [1.29, 1.82) is 0 Å². The number of hydrogen-bond acceptors (Lipinski definition) is 4. The van der Waals surface area contributed by atoms with Gasteiger partial charge in [0.15, 0.2) is 0 Å². The number of aromatic nitrogens is 1. The minimum atomic E-state index is -1.03. The van der Waals surface area contributed by atoms with Gasteiger partial charge in [-0.05, 0) is 30.7 Å². The highest BCUT2D eigenvalue weighted by molar-refractivity contribution is 6.04. The van der Waals surface area contributed by atoms with E-state index in [0.717, 1.165) is 6.08 Å². The Hall–Kier alpha value is -2.89. The maximum atomic E-state index is 12.0. The van der Waals surface area contributed by atoms with Crippen LogP contribution in [0.25, 0.3) is 6.08 Å². The first kappa shape index (κ1) is 13.5. The van der Waals surface area contributed by atoms with Crippen LogP contribution in [-0.2, 0) is 4.79 Å². The van der Waals surface area contributed by atoms with Crippen LogP contribution in [0.15, 0.2) is 41.1 Å². The summed E-state index contributed by atoms with van der Waals surface area (Å²) in [6, 6.07) is 6.83. The highest BCUT2D eigenvalue weighted by Gasteiger charge is 2.12. The normalized spacial score (nSPS) is 10.7. The van der Waals surface area contributed by atoms with Crippen LogP contribution in [0.1, 0.15) is 21.7 Å². The summed E-state index contributed by atoms with van der Waals surface area (Å²) in [5, 5.41) is 14.8. The van der Waals surface area contributed by atoms with Gasteiger partial charge in [0.1, 0.15) is 11.3 Å². The lowest BCUT2D eigenvalue weighted by atomic mass is 10.1. The Balaban J connectivity index is 2.14. The molecule has 0 saturated heterocycles. The Kier molecular flexibility index (Phi) is 3.95. The molecule has 0 aliphatic carbocycles. The molecule has 20 heavy (non-hydrogen) atoms. The number of anilines is 1. The molecule has 102 valence electrons. The van der Waals surface area contributed by atoms with E-state index < -0.39 is 5.97 Å². The number of carbonyl (C=O) groups is 2. The minimum Gasteiger partial charge on any atom is -0.478 e. The Morgan fingerprint density at radius 1 is 1.40 bits per heavy atom. The fourth-order valence-corrected chi connectivity index (χ4v) is 1.60. The first-order valence-corrected chi connectivity index (χ1v) is 5.80. The van der Waals surface area contributed by atoms with Gasteiger partial charge in [-0.15, -0.1) is 0 Å². The smallest absolute Gasteiger partial charge is 0.328 e. The SMILES string of the molecule is Cc1oncc1C(=O)Nc1cccc(/C=C/C(=O)O)c1. The minimum absolute atomic E-state index is 0.330. The maximum absolute atomic E-state index is 12.0. The summed E-state index contributed by atoms with van der Waals surface area (Å²) < 4.78 is 4.82. The highest BCUT2D eigenvalue weighted by Crippen LogP contribution is 2.14. The van der Waals surface area contributed by atoms with Crippen molar-refractivity contribution < 1.29 is 19.2 Å². The summed E-state index contributed by atoms with van der Waals surface area (Å²) in [4.78, 5) is 22.4. The van der Waals surface area contributed by atoms with Crippen molar-refractivity contribution in [2.24, 2.45) is 0 Å². The van der Waals surface area contributed by atoms with Crippen molar-refractivity contribution in [1.82, 2.24) is 5.16 Å². The second kappa shape index (κ2) is 5.83. The van der Waals surface area contributed by atoms with Gasteiger partial charge >= 0.3 is 5.97 Å². The van der Waals surface area contributed by atoms with Gasteiger partial charge in [0.25, 0.3) is 5.91 Å². The van der Waals surface area contributed by atoms with Crippen molar-refractivity contribution >= 4 is 23.6 Å². The van der Waals surface area contributed by atoms with Gasteiger partial charge in [-0.25, -0.2) is 4.79 Å². The summed E-state index contributed by atoms with van der Waals surface area (Å²) in [5.74, 6) is -0.924. The average Bonchev–Trinajstić information content (AvgIpc) is 2.83. The van der Waals surface area contributed by atoms with Crippen molar-refractivity contribution in [3.05, 3.63) is 53.4 Å². The number of amides is 1. The zero-order valence-corrected chi connectivity index (χ0v) is 10.7. The van der Waals surface area contributed by atoms with E-state index in [1.165, 1.54) is 12.3 Å². The number of benzene rings is 1. The summed E-state index contributed by atoms with van der Waals surface area (Å²) in [6.45, 7) is 1.65. The standard InChI is InChI=1S/C14H12N2O4/c1-9-12(8-15-20-9)14(19)16-11-4-2-3-10(7-11)5-6-13(17)18/h2-8H,1H3,(H,16,19)(H,17,18)/b6-5+. The number of aliphatic carboxylic acids is 1. The van der Waals surface area contributed by atoms with E-state index >= 15 is 0 Å². The number of nitrogens with zero attached hydrogens (tertiary/aromatic N) is 1. The van der Waals surface area contributed by atoms with E-state index in [0.29, 0.717) is 22.6 Å². The number of carboxylic acids is 1. The Morgan fingerprint density at radius 2 is 2.20 bits per heavy atom. The third kappa shape index (κ3) is 3.32. The number of hydrogen-bond donors (Lipinski definition) is 2. The molecule has 2 rings (SSSR count). The third-order valence-corrected chi connectivity index (χ3v) is 2.56. The zero-order valence-electron chi connectivity index (χ0n) is 10.7. The lowest BCUT2D eigenvalue weighted by Crippen LogP contribution is -2.12. The van der Waals surface area contributed by atoms with Gasteiger partial charge in [-0.2, -0.15) is 0 Å². The first-order valence-electron chi connectivity index (χ1n) is 5.80. The molecule has 2 N–H and O–H groups in total. The molecular formula is C14H12N2O4. The van der Waals surface area contributed by atoms with Crippen LogP contribution in [-0.4, -0.2) is 22.1 Å². The summed E-state index contributed by atoms with van der Waals surface area (Å²) in [7, 11) is 0. The number of carbonyl (C=O) groups excluding carboxylic acids is 1. The molecule has 0 unspecified atom stereocenters. The Morgan fingerprint density at radius 3 is 2.85 bits per heavy atom. The second-order valence-electron chi connectivity index (χ2n) is 4.05. The van der Waals surface area contributed by atoms with Crippen LogP contribution >= 0.6 is 0 Å². The second-order valence-corrected chi connectivity index (χ2v) is 4.05. The van der Waals surface area contributed by atoms with E-state index in [1.807, 2.05) is 0 Å². The molecule has 1 amide bonds. The van der Waals surface area contributed by atoms with E-state index in [2.05, 4.69) is 10.5 Å². The van der Waals surface area contributed by atoms with Crippen LogP contribution in [0.2, 0.25) is 0 Å². The monoisotopic (exact) mass is 272 g/mol. The van der Waals surface area contributed by atoms with E-state index in [1.54, 1.807) is 31.2 Å². The largest absolute Gasteiger partial charge is 0.478 e. The fourth-order valence-electron chi connectivity index (χ4n) is 1.60. The van der Waals surface area contributed by atoms with Gasteiger partial charge in [0.2, 0.25) is 0 Å². The summed E-state index contributed by atoms with van der Waals surface area (Å²) in [6.07, 6.45) is 3.83. The number of nitrogens with one attached hydrogen (secondary N) is 1. The Labute approximate surface area is 114 Å². The van der Waals surface area contributed by atoms with Crippen LogP contribution < -0.4 is 5.32 Å². The molecule has 0 spiro atoms. The Bertz CT molecular complexity index is 673. The molecule has 0 saturated carbocycles. The molecule has 0 aliphatic heterocycles. The van der Waals surface area contributed by atoms with Crippen molar-refractivity contribution in [2.45, 2.75) is 6.92 Å². The molecule has 0 aliphatic rings. The molecule has 0 radical (unpaired) electrons. The quantitative estimate of drug-likeness (QED) is 0.833. The molecular weight excluding hydrogens is 260 g/mol.